The summed E-state index contributed by atoms with van der Waals surface area (Å²) in [6, 6.07) is 12.9. The molecule has 0 fully saturated rings. The summed E-state index contributed by atoms with van der Waals surface area (Å²) >= 11 is 0. The molecule has 4 heteroatoms. The Bertz CT molecular complexity index is 528. The average molecular weight is 238 g/mol. The summed E-state index contributed by atoms with van der Waals surface area (Å²) < 4.78 is 10.6. The Balaban J connectivity index is 0.000000810. The number of benzene rings is 2. The van der Waals surface area contributed by atoms with Crippen molar-refractivity contribution in [2.24, 2.45) is 0 Å². The van der Waals surface area contributed by atoms with E-state index in [4.69, 9.17) is 9.47 Å². The molecule has 0 unspecified atom stereocenters. The van der Waals surface area contributed by atoms with Gasteiger partial charge in [-0.25, -0.2) is 0 Å². The van der Waals surface area contributed by atoms with Crippen molar-refractivity contribution in [2.45, 2.75) is 0 Å². The summed E-state index contributed by atoms with van der Waals surface area (Å²) in [5, 5.41) is 9.21. The third kappa shape index (κ3) is 2.41. The largest absolute Gasteiger partial charge is 1.00 e. The number of aromatic hydroxyl groups is 1. The number of ether oxygens (including phenoxy) is 2. The molecule has 3 nitrogen and oxygen atoms in total. The molecular weight excluding hydrogens is 227 g/mol. The van der Waals surface area contributed by atoms with Crippen molar-refractivity contribution in [2.75, 3.05) is 6.79 Å². The van der Waals surface area contributed by atoms with Crippen LogP contribution in [0.2, 0.25) is 0 Å². The van der Waals surface area contributed by atoms with E-state index in [2.05, 4.69) is 0 Å². The first-order chi connectivity index (χ1) is 7.83. The van der Waals surface area contributed by atoms with Crippen molar-refractivity contribution < 1.29 is 45.6 Å². The molecule has 0 spiro atoms. The fraction of sp³-hybridized carbons (Fsp3) is 0.0769. The smallest absolute Gasteiger partial charge is 1.00 e. The quantitative estimate of drug-likeness (QED) is 0.705. The first kappa shape index (κ1) is 12.3. The zero-order valence-corrected chi connectivity index (χ0v) is 11.5. The van der Waals surface area contributed by atoms with Crippen LogP contribution in [0.3, 0.4) is 0 Å². The van der Waals surface area contributed by atoms with E-state index in [0.717, 1.165) is 22.6 Å². The van der Waals surface area contributed by atoms with Gasteiger partial charge in [0.15, 0.2) is 11.5 Å². The molecule has 3 rings (SSSR count). The monoisotopic (exact) mass is 238 g/mol. The van der Waals surface area contributed by atoms with Crippen molar-refractivity contribution in [1.29, 1.82) is 0 Å². The number of fused-ring (bicyclic) bond motifs is 1. The van der Waals surface area contributed by atoms with Crippen LogP contribution >= 0.6 is 0 Å². The van der Waals surface area contributed by atoms with Gasteiger partial charge in [0.05, 0.1) is 0 Å². The predicted octanol–water partition coefficient (Wildman–Crippen LogP) is -0.0956. The minimum absolute atomic E-state index is 0. The summed E-state index contributed by atoms with van der Waals surface area (Å²) in [4.78, 5) is 0. The van der Waals surface area contributed by atoms with Gasteiger partial charge in [-0.1, -0.05) is 18.2 Å². The standard InChI is InChI=1S/C13H10O3.Na.H/c14-11-4-1-9(2-5-11)10-3-6-12-13(7-10)16-8-15-12;;/h1-7,14H,8H2;;/q;+1;-1. The Morgan fingerprint density at radius 2 is 1.53 bits per heavy atom. The summed E-state index contributed by atoms with van der Waals surface area (Å²) in [5.41, 5.74) is 2.08. The minimum atomic E-state index is 0. The van der Waals surface area contributed by atoms with E-state index in [9.17, 15) is 5.11 Å². The third-order valence-corrected chi connectivity index (χ3v) is 2.57. The summed E-state index contributed by atoms with van der Waals surface area (Å²) in [6.45, 7) is 0.286. The summed E-state index contributed by atoms with van der Waals surface area (Å²) in [6.07, 6.45) is 0. The van der Waals surface area contributed by atoms with E-state index in [1.165, 1.54) is 0 Å². The molecule has 0 aliphatic carbocycles. The number of phenols is 1. The van der Waals surface area contributed by atoms with E-state index in [-0.39, 0.29) is 43.5 Å². The van der Waals surface area contributed by atoms with E-state index >= 15 is 0 Å². The zero-order chi connectivity index (χ0) is 11.0. The van der Waals surface area contributed by atoms with Crippen LogP contribution in [0.25, 0.3) is 11.1 Å². The Labute approximate surface area is 123 Å². The van der Waals surface area contributed by atoms with Crippen LogP contribution in [0, 0.1) is 0 Å². The van der Waals surface area contributed by atoms with Crippen molar-refractivity contribution in [3.8, 4) is 28.4 Å². The Kier molecular flexibility index (Phi) is 3.62. The van der Waals surface area contributed by atoms with Gasteiger partial charge in [-0.3, -0.25) is 0 Å². The molecule has 82 valence electrons. The van der Waals surface area contributed by atoms with E-state index in [0.29, 0.717) is 0 Å². The van der Waals surface area contributed by atoms with Crippen molar-refractivity contribution in [3.63, 3.8) is 0 Å². The molecule has 0 radical (unpaired) electrons. The molecule has 1 aliphatic heterocycles. The molecule has 2 aromatic rings. The molecule has 0 saturated carbocycles. The fourth-order valence-corrected chi connectivity index (χ4v) is 1.73. The molecule has 1 N–H and O–H groups in total. The summed E-state index contributed by atoms with van der Waals surface area (Å²) in [5.74, 6) is 1.82. The van der Waals surface area contributed by atoms with Gasteiger partial charge in [0.25, 0.3) is 0 Å². The van der Waals surface area contributed by atoms with E-state index in [1.54, 1.807) is 12.1 Å². The van der Waals surface area contributed by atoms with Crippen LogP contribution in [0.1, 0.15) is 1.43 Å². The second-order valence-electron chi connectivity index (χ2n) is 3.61. The predicted molar refractivity (Wildman–Crippen MR) is 60.8 cm³/mol. The van der Waals surface area contributed by atoms with Crippen molar-refractivity contribution in [3.05, 3.63) is 42.5 Å². The number of hydrogen-bond acceptors (Lipinski definition) is 3. The van der Waals surface area contributed by atoms with Gasteiger partial charge in [0, 0.05) is 0 Å². The second kappa shape index (κ2) is 5.00. The topological polar surface area (TPSA) is 38.7 Å². The Morgan fingerprint density at radius 3 is 2.29 bits per heavy atom. The van der Waals surface area contributed by atoms with Crippen molar-refractivity contribution in [1.82, 2.24) is 0 Å². The third-order valence-electron chi connectivity index (χ3n) is 2.57. The van der Waals surface area contributed by atoms with Gasteiger partial charge in [0.1, 0.15) is 5.75 Å². The van der Waals surface area contributed by atoms with E-state index < -0.39 is 0 Å². The molecular formula is C13H11NaO3. The molecule has 0 aromatic heterocycles. The van der Waals surface area contributed by atoms with Gasteiger partial charge >= 0.3 is 29.6 Å². The number of hydrogen-bond donors (Lipinski definition) is 1. The normalized spacial score (nSPS) is 12.0. The Hall–Kier alpha value is -1.16. The first-order valence-electron chi connectivity index (χ1n) is 5.02. The van der Waals surface area contributed by atoms with Crippen LogP contribution in [-0.4, -0.2) is 11.9 Å². The van der Waals surface area contributed by atoms with Gasteiger partial charge < -0.3 is 16.0 Å². The zero-order valence-electron chi connectivity index (χ0n) is 10.5. The molecule has 2 aromatic carbocycles. The molecule has 1 aliphatic rings. The van der Waals surface area contributed by atoms with Gasteiger partial charge in [-0.15, -0.1) is 0 Å². The van der Waals surface area contributed by atoms with Gasteiger partial charge in [-0.05, 0) is 35.4 Å². The van der Waals surface area contributed by atoms with Crippen LogP contribution in [-0.2, 0) is 0 Å². The molecule has 0 bridgehead atoms. The molecule has 17 heavy (non-hydrogen) atoms. The molecule has 0 amide bonds. The van der Waals surface area contributed by atoms with Crippen LogP contribution in [0.15, 0.2) is 42.5 Å². The average Bonchev–Trinajstić information content (AvgIpc) is 2.77. The number of rotatable bonds is 1. The van der Waals surface area contributed by atoms with Crippen LogP contribution in [0.4, 0.5) is 0 Å². The van der Waals surface area contributed by atoms with Crippen molar-refractivity contribution >= 4 is 0 Å². The Morgan fingerprint density at radius 1 is 0.882 bits per heavy atom. The van der Waals surface area contributed by atoms with Crippen LogP contribution < -0.4 is 39.0 Å². The maximum absolute atomic E-state index is 9.21. The first-order valence-corrected chi connectivity index (χ1v) is 5.02. The second-order valence-corrected chi connectivity index (χ2v) is 3.61. The fourth-order valence-electron chi connectivity index (χ4n) is 1.73. The minimum Gasteiger partial charge on any atom is -1.00 e. The molecule has 0 atom stereocenters. The van der Waals surface area contributed by atoms with Crippen LogP contribution in [0.5, 0.6) is 17.2 Å². The van der Waals surface area contributed by atoms with Gasteiger partial charge in [0.2, 0.25) is 6.79 Å². The maximum Gasteiger partial charge on any atom is 1.00 e. The van der Waals surface area contributed by atoms with Gasteiger partial charge in [-0.2, -0.15) is 0 Å². The number of phenolic OH excluding ortho intramolecular Hbond substituents is 1. The van der Waals surface area contributed by atoms with E-state index in [1.807, 2.05) is 30.3 Å². The summed E-state index contributed by atoms with van der Waals surface area (Å²) in [7, 11) is 0. The SMILES string of the molecule is Oc1ccc(-c2ccc3c(c2)OCO3)cc1.[H-].[Na+]. The molecule has 0 saturated heterocycles. The molecule has 1 heterocycles. The maximum atomic E-state index is 9.21.